The van der Waals surface area contributed by atoms with E-state index in [0.29, 0.717) is 6.54 Å². The number of hydrogen-bond acceptors (Lipinski definition) is 3. The van der Waals surface area contributed by atoms with E-state index >= 15 is 0 Å². The van der Waals surface area contributed by atoms with Crippen LogP contribution < -0.4 is 5.32 Å². The predicted octanol–water partition coefficient (Wildman–Crippen LogP) is 1.48. The SMILES string of the molecule is CCc1cc(CNCC(O)C(F)(F)F)n(CC)n1. The molecule has 0 aliphatic carbocycles. The minimum atomic E-state index is -4.58. The molecule has 2 N–H and O–H groups in total. The monoisotopic (exact) mass is 265 g/mol. The number of rotatable bonds is 6. The topological polar surface area (TPSA) is 50.1 Å². The smallest absolute Gasteiger partial charge is 0.382 e. The maximum absolute atomic E-state index is 12.1. The van der Waals surface area contributed by atoms with E-state index < -0.39 is 18.8 Å². The van der Waals surface area contributed by atoms with Crippen molar-refractivity contribution in [2.45, 2.75) is 45.6 Å². The second-order valence-electron chi connectivity index (χ2n) is 3.98. The van der Waals surface area contributed by atoms with Crippen molar-refractivity contribution < 1.29 is 18.3 Å². The van der Waals surface area contributed by atoms with Crippen LogP contribution in [0.3, 0.4) is 0 Å². The molecule has 0 radical (unpaired) electrons. The second-order valence-corrected chi connectivity index (χ2v) is 3.98. The Morgan fingerprint density at radius 1 is 1.44 bits per heavy atom. The summed E-state index contributed by atoms with van der Waals surface area (Å²) in [5.41, 5.74) is 1.73. The summed E-state index contributed by atoms with van der Waals surface area (Å²) < 4.78 is 38.0. The summed E-state index contributed by atoms with van der Waals surface area (Å²) in [6, 6.07) is 1.86. The van der Waals surface area contributed by atoms with E-state index in [1.807, 2.05) is 19.9 Å². The maximum atomic E-state index is 12.1. The number of aryl methyl sites for hydroxylation is 2. The summed E-state index contributed by atoms with van der Waals surface area (Å²) in [6.45, 7) is 4.29. The molecule has 4 nitrogen and oxygen atoms in total. The Morgan fingerprint density at radius 3 is 2.61 bits per heavy atom. The van der Waals surface area contributed by atoms with Crippen LogP contribution in [0.5, 0.6) is 0 Å². The van der Waals surface area contributed by atoms with Gasteiger partial charge < -0.3 is 10.4 Å². The van der Waals surface area contributed by atoms with Gasteiger partial charge in [0.2, 0.25) is 0 Å². The first-order valence-electron chi connectivity index (χ1n) is 5.89. The van der Waals surface area contributed by atoms with Crippen molar-refractivity contribution in [1.29, 1.82) is 0 Å². The highest BCUT2D eigenvalue weighted by molar-refractivity contribution is 5.10. The van der Waals surface area contributed by atoms with Gasteiger partial charge in [0.15, 0.2) is 6.10 Å². The van der Waals surface area contributed by atoms with Crippen LogP contribution in [0, 0.1) is 0 Å². The van der Waals surface area contributed by atoms with Gasteiger partial charge in [-0.25, -0.2) is 0 Å². The minimum Gasteiger partial charge on any atom is -0.382 e. The molecular weight excluding hydrogens is 247 g/mol. The number of nitrogens with one attached hydrogen (secondary N) is 1. The lowest BCUT2D eigenvalue weighted by Gasteiger charge is -2.15. The van der Waals surface area contributed by atoms with Gasteiger partial charge in [-0.05, 0) is 19.4 Å². The number of hydrogen-bond donors (Lipinski definition) is 2. The third-order valence-corrected chi connectivity index (χ3v) is 2.60. The Balaban J connectivity index is 2.51. The molecule has 104 valence electrons. The molecule has 0 amide bonds. The van der Waals surface area contributed by atoms with Gasteiger partial charge in [0.1, 0.15) is 0 Å². The molecular formula is C11H18F3N3O. The molecule has 18 heavy (non-hydrogen) atoms. The van der Waals surface area contributed by atoms with Gasteiger partial charge >= 0.3 is 6.18 Å². The first-order valence-corrected chi connectivity index (χ1v) is 5.89. The lowest BCUT2D eigenvalue weighted by atomic mass is 10.3. The van der Waals surface area contributed by atoms with E-state index in [9.17, 15) is 13.2 Å². The molecule has 0 saturated carbocycles. The standard InChI is InChI=1S/C11H18F3N3O/c1-3-8-5-9(17(4-2)16-8)6-15-7-10(18)11(12,13)14/h5,10,15,18H,3-4,6-7H2,1-2H3. The van der Waals surface area contributed by atoms with Gasteiger partial charge in [0, 0.05) is 19.6 Å². The number of alkyl halides is 3. The normalized spacial score (nSPS) is 13.9. The summed E-state index contributed by atoms with van der Waals surface area (Å²) in [7, 11) is 0. The Bertz CT molecular complexity index is 376. The first kappa shape index (κ1) is 15.0. The molecule has 0 aliphatic heterocycles. The van der Waals surface area contributed by atoms with E-state index in [4.69, 9.17) is 5.11 Å². The van der Waals surface area contributed by atoms with E-state index in [0.717, 1.165) is 17.8 Å². The molecule has 0 aliphatic rings. The highest BCUT2D eigenvalue weighted by Gasteiger charge is 2.37. The van der Waals surface area contributed by atoms with Crippen LogP contribution >= 0.6 is 0 Å². The molecule has 1 unspecified atom stereocenters. The average Bonchev–Trinajstić information content (AvgIpc) is 2.70. The Labute approximate surface area is 104 Å². The molecule has 1 atom stereocenters. The Hall–Kier alpha value is -1.08. The number of halogens is 3. The molecule has 1 aromatic rings. The van der Waals surface area contributed by atoms with Crippen LogP contribution in [0.1, 0.15) is 25.2 Å². The fourth-order valence-electron chi connectivity index (χ4n) is 1.56. The Morgan fingerprint density at radius 2 is 2.11 bits per heavy atom. The van der Waals surface area contributed by atoms with Gasteiger partial charge in [0.25, 0.3) is 0 Å². The molecule has 0 fully saturated rings. The average molecular weight is 265 g/mol. The summed E-state index contributed by atoms with van der Waals surface area (Å²) in [5, 5.41) is 15.7. The molecule has 1 aromatic heterocycles. The van der Waals surface area contributed by atoms with Crippen LogP contribution in [0.4, 0.5) is 13.2 Å². The summed E-state index contributed by atoms with van der Waals surface area (Å²) in [6.07, 6.45) is -6.13. The fraction of sp³-hybridized carbons (Fsp3) is 0.727. The largest absolute Gasteiger partial charge is 0.415 e. The fourth-order valence-corrected chi connectivity index (χ4v) is 1.56. The van der Waals surface area contributed by atoms with Crippen molar-refractivity contribution >= 4 is 0 Å². The zero-order chi connectivity index (χ0) is 13.8. The number of aliphatic hydroxyl groups is 1. The summed E-state index contributed by atoms with van der Waals surface area (Å²) >= 11 is 0. The van der Waals surface area contributed by atoms with Crippen molar-refractivity contribution in [3.05, 3.63) is 17.5 Å². The van der Waals surface area contributed by atoms with Crippen LogP contribution in [0.25, 0.3) is 0 Å². The lowest BCUT2D eigenvalue weighted by molar-refractivity contribution is -0.201. The van der Waals surface area contributed by atoms with E-state index in [-0.39, 0.29) is 6.54 Å². The highest BCUT2D eigenvalue weighted by atomic mass is 19.4. The third kappa shape index (κ3) is 3.99. The van der Waals surface area contributed by atoms with Gasteiger partial charge in [-0.2, -0.15) is 18.3 Å². The predicted molar refractivity (Wildman–Crippen MR) is 61.0 cm³/mol. The highest BCUT2D eigenvalue weighted by Crippen LogP contribution is 2.19. The Kier molecular flexibility index (Phi) is 5.15. The molecule has 0 saturated heterocycles. The van der Waals surface area contributed by atoms with Crippen molar-refractivity contribution in [1.82, 2.24) is 15.1 Å². The van der Waals surface area contributed by atoms with Crippen LogP contribution in [0.15, 0.2) is 6.07 Å². The molecule has 1 heterocycles. The summed E-state index contributed by atoms with van der Waals surface area (Å²) in [4.78, 5) is 0. The zero-order valence-electron chi connectivity index (χ0n) is 10.5. The number of aliphatic hydroxyl groups excluding tert-OH is 1. The van der Waals surface area contributed by atoms with Crippen molar-refractivity contribution in [2.24, 2.45) is 0 Å². The molecule has 7 heteroatoms. The van der Waals surface area contributed by atoms with Crippen LogP contribution in [0.2, 0.25) is 0 Å². The first-order chi connectivity index (χ1) is 8.38. The van der Waals surface area contributed by atoms with Crippen molar-refractivity contribution in [3.8, 4) is 0 Å². The van der Waals surface area contributed by atoms with E-state index in [1.165, 1.54) is 0 Å². The quantitative estimate of drug-likeness (QED) is 0.819. The number of nitrogens with zero attached hydrogens (tertiary/aromatic N) is 2. The lowest BCUT2D eigenvalue weighted by Crippen LogP contribution is -2.38. The molecule has 0 bridgehead atoms. The summed E-state index contributed by atoms with van der Waals surface area (Å²) in [5.74, 6) is 0. The third-order valence-electron chi connectivity index (χ3n) is 2.60. The van der Waals surface area contributed by atoms with E-state index in [1.54, 1.807) is 4.68 Å². The second kappa shape index (κ2) is 6.19. The van der Waals surface area contributed by atoms with E-state index in [2.05, 4.69) is 10.4 Å². The van der Waals surface area contributed by atoms with Crippen LogP contribution in [-0.4, -0.2) is 33.7 Å². The minimum absolute atomic E-state index is 0.258. The molecule has 0 aromatic carbocycles. The van der Waals surface area contributed by atoms with Crippen molar-refractivity contribution in [2.75, 3.05) is 6.54 Å². The van der Waals surface area contributed by atoms with Gasteiger partial charge in [0.05, 0.1) is 11.4 Å². The van der Waals surface area contributed by atoms with Crippen LogP contribution in [-0.2, 0) is 19.5 Å². The molecule has 1 rings (SSSR count). The zero-order valence-corrected chi connectivity index (χ0v) is 10.5. The number of aromatic nitrogens is 2. The van der Waals surface area contributed by atoms with Gasteiger partial charge in [-0.3, -0.25) is 4.68 Å². The molecule has 0 spiro atoms. The van der Waals surface area contributed by atoms with Crippen molar-refractivity contribution in [3.63, 3.8) is 0 Å². The maximum Gasteiger partial charge on any atom is 0.415 e. The van der Waals surface area contributed by atoms with Gasteiger partial charge in [-0.15, -0.1) is 0 Å². The van der Waals surface area contributed by atoms with Gasteiger partial charge in [-0.1, -0.05) is 6.92 Å².